The molecule has 4 rings (SSSR count). The monoisotopic (exact) mass is 504 g/mol. The van der Waals surface area contributed by atoms with E-state index in [0.717, 1.165) is 75.7 Å². The topological polar surface area (TPSA) is 73.0 Å². The third-order valence-corrected chi connectivity index (χ3v) is 7.42. The minimum atomic E-state index is -0.183. The fourth-order valence-electron chi connectivity index (χ4n) is 5.20. The van der Waals surface area contributed by atoms with Gasteiger partial charge in [0.25, 0.3) is 11.8 Å². The highest BCUT2D eigenvalue weighted by Crippen LogP contribution is 2.30. The second kappa shape index (κ2) is 13.0. The molecule has 0 spiro atoms. The molecule has 1 fully saturated rings. The molecule has 0 saturated carbocycles. The number of amides is 3. The molecule has 0 aliphatic carbocycles. The van der Waals surface area contributed by atoms with Gasteiger partial charge < -0.3 is 15.1 Å². The van der Waals surface area contributed by atoms with Crippen molar-refractivity contribution in [3.63, 3.8) is 0 Å². The highest BCUT2D eigenvalue weighted by molar-refractivity contribution is 6.25. The first kappa shape index (κ1) is 27.0. The number of hydrogen-bond acceptors (Lipinski definition) is 5. The predicted octanol–water partition coefficient (Wildman–Crippen LogP) is 3.94. The van der Waals surface area contributed by atoms with Gasteiger partial charge in [-0.3, -0.25) is 19.3 Å². The van der Waals surface area contributed by atoms with Gasteiger partial charge in [-0.25, -0.2) is 0 Å². The molecule has 0 bridgehead atoms. The smallest absolute Gasteiger partial charge is 0.261 e. The zero-order valence-electron chi connectivity index (χ0n) is 22.2. The second-order valence-electron chi connectivity index (χ2n) is 10.2. The third kappa shape index (κ3) is 6.65. The van der Waals surface area contributed by atoms with Crippen LogP contribution in [0, 0.1) is 5.92 Å². The van der Waals surface area contributed by atoms with Gasteiger partial charge in [-0.15, -0.1) is 0 Å². The molecule has 2 aromatic rings. The number of allylic oxidation sites excluding steroid dienone is 1. The zero-order chi connectivity index (χ0) is 26.2. The molecule has 0 radical (unpaired) electrons. The first-order valence-electron chi connectivity index (χ1n) is 13.8. The second-order valence-corrected chi connectivity index (χ2v) is 10.2. The summed E-state index contributed by atoms with van der Waals surface area (Å²) < 4.78 is 0. The lowest BCUT2D eigenvalue weighted by Gasteiger charge is -2.35. The lowest BCUT2D eigenvalue weighted by atomic mass is 9.94. The Kier molecular flexibility index (Phi) is 9.47. The first-order valence-corrected chi connectivity index (χ1v) is 13.8. The maximum absolute atomic E-state index is 13.1. The summed E-state index contributed by atoms with van der Waals surface area (Å²) in [5.74, 6) is -0.341. The van der Waals surface area contributed by atoms with Crippen LogP contribution in [0.15, 0.2) is 48.6 Å². The van der Waals surface area contributed by atoms with Gasteiger partial charge in [-0.2, -0.15) is 0 Å². The van der Waals surface area contributed by atoms with E-state index in [1.54, 1.807) is 0 Å². The van der Waals surface area contributed by atoms with Gasteiger partial charge in [0.05, 0.1) is 5.92 Å². The van der Waals surface area contributed by atoms with Crippen LogP contribution in [0.1, 0.15) is 60.2 Å². The molecule has 2 aromatic carbocycles. The van der Waals surface area contributed by atoms with Gasteiger partial charge in [0.15, 0.2) is 0 Å². The molecule has 1 saturated heterocycles. The normalized spacial score (nSPS) is 17.6. The molecule has 1 atom stereocenters. The Morgan fingerprint density at radius 1 is 0.919 bits per heavy atom. The first-order chi connectivity index (χ1) is 18.0. The van der Waals surface area contributed by atoms with Crippen LogP contribution in [-0.4, -0.2) is 84.8 Å². The molecule has 7 heteroatoms. The van der Waals surface area contributed by atoms with Crippen LogP contribution in [-0.2, 0) is 4.79 Å². The molecular weight excluding hydrogens is 464 g/mol. The van der Waals surface area contributed by atoms with Crippen molar-refractivity contribution < 1.29 is 14.4 Å². The van der Waals surface area contributed by atoms with Gasteiger partial charge in [0.2, 0.25) is 5.91 Å². The van der Waals surface area contributed by atoms with Gasteiger partial charge in [-0.05, 0) is 49.9 Å². The van der Waals surface area contributed by atoms with Crippen LogP contribution in [0.2, 0.25) is 0 Å². The van der Waals surface area contributed by atoms with E-state index in [4.69, 9.17) is 0 Å². The number of unbranched alkanes of at least 4 members (excludes halogenated alkanes) is 1. The number of nitrogens with zero attached hydrogens (tertiary/aromatic N) is 3. The Morgan fingerprint density at radius 3 is 2.11 bits per heavy atom. The van der Waals surface area contributed by atoms with Crippen molar-refractivity contribution in [1.29, 1.82) is 0 Å². The van der Waals surface area contributed by atoms with Crippen LogP contribution in [0.3, 0.4) is 0 Å². The maximum Gasteiger partial charge on any atom is 0.261 e. The van der Waals surface area contributed by atoms with E-state index in [0.29, 0.717) is 24.2 Å². The lowest BCUT2D eigenvalue weighted by Crippen LogP contribution is -2.48. The Hall–Kier alpha value is -3.03. The van der Waals surface area contributed by atoms with E-state index >= 15 is 0 Å². The molecule has 3 amide bonds. The summed E-state index contributed by atoms with van der Waals surface area (Å²) in [6, 6.07) is 11.3. The Balaban J connectivity index is 1.14. The van der Waals surface area contributed by atoms with Gasteiger partial charge in [0, 0.05) is 55.8 Å². The molecule has 2 aliphatic rings. The summed E-state index contributed by atoms with van der Waals surface area (Å²) in [6.45, 7) is 11.0. The maximum atomic E-state index is 13.1. The van der Waals surface area contributed by atoms with Crippen LogP contribution in [0.25, 0.3) is 10.8 Å². The summed E-state index contributed by atoms with van der Waals surface area (Å²) in [7, 11) is 0. The van der Waals surface area contributed by atoms with Crippen molar-refractivity contribution in [2.45, 2.75) is 39.5 Å². The van der Waals surface area contributed by atoms with Gasteiger partial charge in [-0.1, -0.05) is 56.7 Å². The summed E-state index contributed by atoms with van der Waals surface area (Å²) in [6.07, 6.45) is 7.92. The fraction of sp³-hybridized carbons (Fsp3) is 0.500. The minimum Gasteiger partial charge on any atom is -0.356 e. The fourth-order valence-corrected chi connectivity index (χ4v) is 5.20. The number of carbonyl (C=O) groups excluding carboxylic acids is 3. The summed E-state index contributed by atoms with van der Waals surface area (Å²) in [5, 5.41) is 4.77. The van der Waals surface area contributed by atoms with E-state index in [9.17, 15) is 14.4 Å². The van der Waals surface area contributed by atoms with Crippen molar-refractivity contribution in [1.82, 2.24) is 20.0 Å². The molecule has 2 aliphatic heterocycles. The van der Waals surface area contributed by atoms with Crippen molar-refractivity contribution >= 4 is 28.5 Å². The standard InChI is InChI=1S/C30H40N4O3/c1-3-4-5-10-23(2)28(35)31-15-8-16-32-19-21-33(22-20-32)17-9-18-34-29(36)25-13-6-11-24-12-7-14-26(27(24)25)30(34)37/h5-7,10-14,23H,3-4,8-9,15-22H2,1-2H3,(H,31,35)/b10-5-. The Morgan fingerprint density at radius 2 is 1.51 bits per heavy atom. The quantitative estimate of drug-likeness (QED) is 0.269. The van der Waals surface area contributed by atoms with Crippen LogP contribution in [0.5, 0.6) is 0 Å². The van der Waals surface area contributed by atoms with Gasteiger partial charge >= 0.3 is 0 Å². The van der Waals surface area contributed by atoms with E-state index in [1.807, 2.05) is 49.4 Å². The molecule has 2 heterocycles. The third-order valence-electron chi connectivity index (χ3n) is 7.42. The molecule has 37 heavy (non-hydrogen) atoms. The number of nitrogens with one attached hydrogen (secondary N) is 1. The van der Waals surface area contributed by atoms with Crippen LogP contribution in [0.4, 0.5) is 0 Å². The largest absolute Gasteiger partial charge is 0.356 e. The lowest BCUT2D eigenvalue weighted by molar-refractivity contribution is -0.123. The molecular formula is C30H40N4O3. The number of rotatable bonds is 12. The van der Waals surface area contributed by atoms with Crippen molar-refractivity contribution in [3.05, 3.63) is 59.7 Å². The van der Waals surface area contributed by atoms with E-state index < -0.39 is 0 Å². The average molecular weight is 505 g/mol. The molecule has 1 unspecified atom stereocenters. The Labute approximate surface area is 220 Å². The van der Waals surface area contributed by atoms with Crippen molar-refractivity contribution in [2.24, 2.45) is 5.92 Å². The van der Waals surface area contributed by atoms with E-state index in [1.165, 1.54) is 4.90 Å². The molecule has 0 aromatic heterocycles. The van der Waals surface area contributed by atoms with E-state index in [2.05, 4.69) is 28.1 Å². The predicted molar refractivity (Wildman–Crippen MR) is 148 cm³/mol. The molecule has 198 valence electrons. The molecule has 7 nitrogen and oxygen atoms in total. The zero-order valence-corrected chi connectivity index (χ0v) is 22.2. The number of carbonyl (C=O) groups is 3. The highest BCUT2D eigenvalue weighted by atomic mass is 16.2. The molecule has 1 N–H and O–H groups in total. The Bertz CT molecular complexity index is 1090. The van der Waals surface area contributed by atoms with Crippen molar-refractivity contribution in [3.8, 4) is 0 Å². The van der Waals surface area contributed by atoms with E-state index in [-0.39, 0.29) is 23.6 Å². The average Bonchev–Trinajstić information content (AvgIpc) is 2.92. The number of hydrogen-bond donors (Lipinski definition) is 1. The van der Waals surface area contributed by atoms with Crippen molar-refractivity contribution in [2.75, 3.05) is 52.4 Å². The summed E-state index contributed by atoms with van der Waals surface area (Å²) in [4.78, 5) is 44.6. The number of benzene rings is 2. The van der Waals surface area contributed by atoms with Gasteiger partial charge in [0.1, 0.15) is 0 Å². The highest BCUT2D eigenvalue weighted by Gasteiger charge is 2.32. The SMILES string of the molecule is CCC/C=C\C(C)C(=O)NCCCN1CCN(CCCN2C(=O)c3cccc4cccc(c34)C2=O)CC1. The van der Waals surface area contributed by atoms with Crippen LogP contribution >= 0.6 is 0 Å². The van der Waals surface area contributed by atoms with Crippen LogP contribution < -0.4 is 5.32 Å². The summed E-state index contributed by atoms with van der Waals surface area (Å²) in [5.41, 5.74) is 1.25. The minimum absolute atomic E-state index is 0.0749. The summed E-state index contributed by atoms with van der Waals surface area (Å²) >= 11 is 0. The number of piperazine rings is 1. The number of imide groups is 1.